The smallest absolute Gasteiger partial charge is 0.262 e. The number of fused-ring (bicyclic) bond motifs is 1. The molecule has 7 heteroatoms. The summed E-state index contributed by atoms with van der Waals surface area (Å²) in [5.74, 6) is -0.493. The average Bonchev–Trinajstić information content (AvgIpc) is 3.37. The van der Waals surface area contributed by atoms with E-state index in [0.29, 0.717) is 28.0 Å². The van der Waals surface area contributed by atoms with Crippen LogP contribution in [0.15, 0.2) is 76.0 Å². The molecule has 0 aliphatic heterocycles. The minimum atomic E-state index is -0.397. The standard InChI is InChI=1S/C21H14FNO5/c22-13-3-5-14(6-4-13)23-20(24)12-27-15-7-8-18-16(10-15)17(11-28-18)21(25)19-2-1-9-26-19/h1-11H,12H2,(H,23,24). The first-order valence-electron chi connectivity index (χ1n) is 8.38. The number of furan rings is 2. The van der Waals surface area contributed by atoms with Crippen molar-refractivity contribution in [2.75, 3.05) is 11.9 Å². The fourth-order valence-corrected chi connectivity index (χ4v) is 2.69. The zero-order valence-electron chi connectivity index (χ0n) is 14.5. The first-order chi connectivity index (χ1) is 13.6. The van der Waals surface area contributed by atoms with Gasteiger partial charge in [-0.3, -0.25) is 9.59 Å². The highest BCUT2D eigenvalue weighted by Gasteiger charge is 2.18. The highest BCUT2D eigenvalue weighted by atomic mass is 19.1. The molecule has 6 nitrogen and oxygen atoms in total. The maximum Gasteiger partial charge on any atom is 0.262 e. The van der Waals surface area contributed by atoms with Crippen molar-refractivity contribution in [3.8, 4) is 5.75 Å². The summed E-state index contributed by atoms with van der Waals surface area (Å²) in [7, 11) is 0. The Balaban J connectivity index is 1.47. The average molecular weight is 379 g/mol. The van der Waals surface area contributed by atoms with Crippen LogP contribution in [-0.2, 0) is 4.79 Å². The number of rotatable bonds is 6. The fraction of sp³-hybridized carbons (Fsp3) is 0.0476. The van der Waals surface area contributed by atoms with Gasteiger partial charge in [-0.1, -0.05) is 0 Å². The molecule has 0 radical (unpaired) electrons. The zero-order valence-corrected chi connectivity index (χ0v) is 14.5. The van der Waals surface area contributed by atoms with Crippen LogP contribution in [0.2, 0.25) is 0 Å². The van der Waals surface area contributed by atoms with Crippen molar-refractivity contribution in [1.82, 2.24) is 0 Å². The third-order valence-corrected chi connectivity index (χ3v) is 4.03. The number of ether oxygens (including phenoxy) is 1. The van der Waals surface area contributed by atoms with Gasteiger partial charge in [0.15, 0.2) is 12.4 Å². The van der Waals surface area contributed by atoms with Gasteiger partial charge in [0.1, 0.15) is 23.4 Å². The lowest BCUT2D eigenvalue weighted by Crippen LogP contribution is -2.20. The first-order valence-corrected chi connectivity index (χ1v) is 8.38. The van der Waals surface area contributed by atoms with Gasteiger partial charge in [0.25, 0.3) is 5.91 Å². The summed E-state index contributed by atoms with van der Waals surface area (Å²) in [6.07, 6.45) is 2.78. The highest BCUT2D eigenvalue weighted by molar-refractivity contribution is 6.14. The largest absolute Gasteiger partial charge is 0.484 e. The molecule has 0 spiro atoms. The molecule has 4 rings (SSSR count). The number of amides is 1. The van der Waals surface area contributed by atoms with E-state index in [9.17, 15) is 14.0 Å². The van der Waals surface area contributed by atoms with Crippen molar-refractivity contribution in [1.29, 1.82) is 0 Å². The molecule has 2 aromatic carbocycles. The second kappa shape index (κ2) is 7.40. The molecule has 2 heterocycles. The van der Waals surface area contributed by atoms with Crippen LogP contribution in [-0.4, -0.2) is 18.3 Å². The molecule has 28 heavy (non-hydrogen) atoms. The van der Waals surface area contributed by atoms with Crippen LogP contribution >= 0.6 is 0 Å². The van der Waals surface area contributed by atoms with Crippen molar-refractivity contribution >= 4 is 28.3 Å². The summed E-state index contributed by atoms with van der Waals surface area (Å²) in [5, 5.41) is 3.16. The van der Waals surface area contributed by atoms with Gasteiger partial charge in [-0.15, -0.1) is 0 Å². The van der Waals surface area contributed by atoms with Crippen LogP contribution in [0.25, 0.3) is 11.0 Å². The normalized spacial score (nSPS) is 10.8. The number of hydrogen-bond donors (Lipinski definition) is 1. The van der Waals surface area contributed by atoms with E-state index >= 15 is 0 Å². The Labute approximate surface area is 158 Å². The molecule has 4 aromatic rings. The molecule has 0 atom stereocenters. The molecular weight excluding hydrogens is 365 g/mol. The fourth-order valence-electron chi connectivity index (χ4n) is 2.69. The SMILES string of the molecule is O=C(COc1ccc2occ(C(=O)c3ccco3)c2c1)Nc1ccc(F)cc1. The molecule has 0 fully saturated rings. The van der Waals surface area contributed by atoms with Gasteiger partial charge in [-0.25, -0.2) is 4.39 Å². The number of anilines is 1. The number of nitrogens with one attached hydrogen (secondary N) is 1. The van der Waals surface area contributed by atoms with E-state index in [1.165, 1.54) is 36.8 Å². The molecular formula is C21H14FNO5. The second-order valence-corrected chi connectivity index (χ2v) is 5.96. The van der Waals surface area contributed by atoms with Gasteiger partial charge in [0, 0.05) is 11.1 Å². The van der Waals surface area contributed by atoms with Crippen LogP contribution < -0.4 is 10.1 Å². The number of carbonyl (C=O) groups excluding carboxylic acids is 2. The zero-order chi connectivity index (χ0) is 19.5. The Morgan fingerprint density at radius 3 is 2.61 bits per heavy atom. The van der Waals surface area contributed by atoms with Gasteiger partial charge in [0.05, 0.1) is 11.8 Å². The molecule has 0 unspecified atom stereocenters. The summed E-state index contributed by atoms with van der Waals surface area (Å²) in [6, 6.07) is 13.5. The van der Waals surface area contributed by atoms with Crippen molar-refractivity contribution in [3.05, 3.63) is 84.3 Å². The molecule has 0 bridgehead atoms. The predicted octanol–water partition coefficient (Wildman–Crippen LogP) is 4.41. The van der Waals surface area contributed by atoms with E-state index in [0.717, 1.165) is 0 Å². The number of carbonyl (C=O) groups is 2. The molecule has 0 aliphatic carbocycles. The Hall–Kier alpha value is -3.87. The molecule has 0 saturated carbocycles. The molecule has 1 amide bonds. The third-order valence-electron chi connectivity index (χ3n) is 4.03. The molecule has 140 valence electrons. The molecule has 1 N–H and O–H groups in total. The van der Waals surface area contributed by atoms with Crippen LogP contribution in [0.5, 0.6) is 5.75 Å². The monoisotopic (exact) mass is 379 g/mol. The Morgan fingerprint density at radius 1 is 1.04 bits per heavy atom. The Bertz CT molecular complexity index is 1130. The van der Waals surface area contributed by atoms with Crippen LogP contribution in [0, 0.1) is 5.82 Å². The number of benzene rings is 2. The van der Waals surface area contributed by atoms with Crippen molar-refractivity contribution in [2.24, 2.45) is 0 Å². The van der Waals surface area contributed by atoms with Gasteiger partial charge in [0.2, 0.25) is 5.78 Å². The maximum atomic E-state index is 12.9. The van der Waals surface area contributed by atoms with Crippen LogP contribution in [0.3, 0.4) is 0 Å². The number of hydrogen-bond acceptors (Lipinski definition) is 5. The summed E-state index contributed by atoms with van der Waals surface area (Å²) in [6.45, 7) is -0.248. The van der Waals surface area contributed by atoms with Crippen molar-refractivity contribution in [3.63, 3.8) is 0 Å². The van der Waals surface area contributed by atoms with E-state index in [2.05, 4.69) is 5.32 Å². The second-order valence-electron chi connectivity index (χ2n) is 5.96. The van der Waals surface area contributed by atoms with E-state index < -0.39 is 5.91 Å². The molecule has 0 saturated heterocycles. The molecule has 0 aliphatic rings. The summed E-state index contributed by atoms with van der Waals surface area (Å²) < 4.78 is 29.0. The van der Waals surface area contributed by atoms with E-state index in [1.54, 1.807) is 30.3 Å². The number of halogens is 1. The number of ketones is 1. The van der Waals surface area contributed by atoms with Gasteiger partial charge in [-0.05, 0) is 54.6 Å². The lowest BCUT2D eigenvalue weighted by molar-refractivity contribution is -0.118. The quantitative estimate of drug-likeness (QED) is 0.502. The highest BCUT2D eigenvalue weighted by Crippen LogP contribution is 2.27. The van der Waals surface area contributed by atoms with Gasteiger partial charge >= 0.3 is 0 Å². The topological polar surface area (TPSA) is 81.7 Å². The summed E-state index contributed by atoms with van der Waals surface area (Å²) in [4.78, 5) is 24.5. The van der Waals surface area contributed by atoms with E-state index in [-0.39, 0.29) is 24.0 Å². The van der Waals surface area contributed by atoms with Crippen molar-refractivity contribution in [2.45, 2.75) is 0 Å². The third kappa shape index (κ3) is 3.64. The van der Waals surface area contributed by atoms with Crippen LogP contribution in [0.4, 0.5) is 10.1 Å². The summed E-state index contributed by atoms with van der Waals surface area (Å²) in [5.41, 5.74) is 1.32. The van der Waals surface area contributed by atoms with Crippen LogP contribution in [0.1, 0.15) is 16.1 Å². The Morgan fingerprint density at radius 2 is 1.86 bits per heavy atom. The lowest BCUT2D eigenvalue weighted by Gasteiger charge is -2.08. The van der Waals surface area contributed by atoms with Gasteiger partial charge in [-0.2, -0.15) is 0 Å². The lowest BCUT2D eigenvalue weighted by atomic mass is 10.1. The summed E-state index contributed by atoms with van der Waals surface area (Å²) >= 11 is 0. The van der Waals surface area contributed by atoms with Crippen molar-refractivity contribution < 1.29 is 27.6 Å². The molecule has 2 aromatic heterocycles. The first kappa shape index (κ1) is 17.5. The minimum Gasteiger partial charge on any atom is -0.484 e. The van der Waals surface area contributed by atoms with E-state index in [1.807, 2.05) is 0 Å². The predicted molar refractivity (Wildman–Crippen MR) is 98.9 cm³/mol. The van der Waals surface area contributed by atoms with E-state index in [4.69, 9.17) is 13.6 Å². The van der Waals surface area contributed by atoms with Gasteiger partial charge < -0.3 is 18.9 Å². The Kier molecular flexibility index (Phi) is 4.63. The minimum absolute atomic E-state index is 0.202. The maximum absolute atomic E-state index is 12.9.